The van der Waals surface area contributed by atoms with E-state index in [0.717, 1.165) is 11.1 Å². The van der Waals surface area contributed by atoms with Crippen molar-refractivity contribution in [2.24, 2.45) is 0 Å². The number of halogens is 1. The van der Waals surface area contributed by atoms with E-state index in [9.17, 15) is 14.9 Å². The van der Waals surface area contributed by atoms with Crippen molar-refractivity contribution in [1.82, 2.24) is 5.32 Å². The van der Waals surface area contributed by atoms with Gasteiger partial charge in [0.25, 0.3) is 5.69 Å². The number of allylic oxidation sites excluding steroid dienone is 1. The van der Waals surface area contributed by atoms with E-state index in [0.29, 0.717) is 10.6 Å². The van der Waals surface area contributed by atoms with Gasteiger partial charge in [0.2, 0.25) is 5.91 Å². The third kappa shape index (κ3) is 4.40. The number of carbonyl (C=O) groups excluding carboxylic acids is 1. The molecule has 1 N–H and O–H groups in total. The van der Waals surface area contributed by atoms with Gasteiger partial charge < -0.3 is 5.32 Å². The number of rotatable bonds is 5. The minimum atomic E-state index is -0.466. The molecule has 0 aliphatic heterocycles. The summed E-state index contributed by atoms with van der Waals surface area (Å²) in [6, 6.07) is 13.5. The molecule has 6 heteroatoms. The van der Waals surface area contributed by atoms with Crippen molar-refractivity contribution in [2.75, 3.05) is 0 Å². The van der Waals surface area contributed by atoms with Crippen LogP contribution in [0.1, 0.15) is 18.1 Å². The van der Waals surface area contributed by atoms with Crippen LogP contribution in [0.15, 0.2) is 54.6 Å². The van der Waals surface area contributed by atoms with E-state index in [1.165, 1.54) is 12.1 Å². The zero-order chi connectivity index (χ0) is 16.8. The number of nitrogens with one attached hydrogen (secondary N) is 1. The van der Waals surface area contributed by atoms with Crippen LogP contribution in [0, 0.1) is 10.1 Å². The molecular weight excluding hydrogens is 316 g/mol. The molecule has 0 fully saturated rings. The van der Waals surface area contributed by atoms with Crippen LogP contribution in [0.25, 0.3) is 5.57 Å². The third-order valence-corrected chi connectivity index (χ3v) is 3.62. The fourth-order valence-corrected chi connectivity index (χ4v) is 2.41. The second kappa shape index (κ2) is 7.56. The van der Waals surface area contributed by atoms with Gasteiger partial charge in [-0.3, -0.25) is 14.9 Å². The lowest BCUT2D eigenvalue weighted by molar-refractivity contribution is -0.385. The highest BCUT2D eigenvalue weighted by atomic mass is 35.5. The van der Waals surface area contributed by atoms with Crippen molar-refractivity contribution in [3.05, 3.63) is 80.9 Å². The van der Waals surface area contributed by atoms with E-state index < -0.39 is 4.92 Å². The highest BCUT2D eigenvalue weighted by molar-refractivity contribution is 6.32. The van der Waals surface area contributed by atoms with Crippen molar-refractivity contribution >= 4 is 28.8 Å². The number of hydrogen-bond acceptors (Lipinski definition) is 3. The van der Waals surface area contributed by atoms with Gasteiger partial charge in [-0.2, -0.15) is 0 Å². The Morgan fingerprint density at radius 1 is 1.22 bits per heavy atom. The summed E-state index contributed by atoms with van der Waals surface area (Å²) >= 11 is 6.08. The largest absolute Gasteiger partial charge is 0.348 e. The summed E-state index contributed by atoms with van der Waals surface area (Å²) in [5, 5.41) is 14.1. The Hall–Kier alpha value is -2.66. The van der Waals surface area contributed by atoms with Gasteiger partial charge in [0.15, 0.2) is 0 Å². The summed E-state index contributed by atoms with van der Waals surface area (Å²) < 4.78 is 0. The molecule has 0 aromatic heterocycles. The van der Waals surface area contributed by atoms with Crippen molar-refractivity contribution in [1.29, 1.82) is 0 Å². The van der Waals surface area contributed by atoms with Gasteiger partial charge in [-0.15, -0.1) is 0 Å². The Labute approximate surface area is 138 Å². The molecule has 0 radical (unpaired) electrons. The molecular formula is C17H15ClN2O3. The number of nitro groups is 1. The molecule has 0 aliphatic rings. The predicted molar refractivity (Wildman–Crippen MR) is 90.0 cm³/mol. The van der Waals surface area contributed by atoms with Crippen LogP contribution in [0.5, 0.6) is 0 Å². The molecule has 0 heterocycles. The molecule has 2 aromatic rings. The molecule has 0 atom stereocenters. The lowest BCUT2D eigenvalue weighted by atomic mass is 10.1. The van der Waals surface area contributed by atoms with E-state index in [1.54, 1.807) is 31.2 Å². The molecule has 5 nitrogen and oxygen atoms in total. The van der Waals surface area contributed by atoms with E-state index in [1.807, 2.05) is 18.2 Å². The maximum Gasteiger partial charge on any atom is 0.274 e. The van der Waals surface area contributed by atoms with Crippen LogP contribution >= 0.6 is 11.6 Å². The number of para-hydroxylation sites is 1. The Morgan fingerprint density at radius 2 is 1.87 bits per heavy atom. The Bertz CT molecular complexity index is 772. The molecule has 0 saturated heterocycles. The average molecular weight is 331 g/mol. The lowest BCUT2D eigenvalue weighted by Gasteiger charge is -2.06. The van der Waals surface area contributed by atoms with Gasteiger partial charge in [0.05, 0.1) is 4.92 Å². The number of nitro benzene ring substituents is 1. The molecule has 23 heavy (non-hydrogen) atoms. The first-order valence-electron chi connectivity index (χ1n) is 6.92. The smallest absolute Gasteiger partial charge is 0.274 e. The molecule has 0 aliphatic carbocycles. The molecule has 0 spiro atoms. The van der Waals surface area contributed by atoms with E-state index in [2.05, 4.69) is 5.32 Å². The van der Waals surface area contributed by atoms with Crippen LogP contribution in [0.3, 0.4) is 0 Å². The van der Waals surface area contributed by atoms with Gasteiger partial charge in [-0.1, -0.05) is 48.0 Å². The van der Waals surface area contributed by atoms with Crippen LogP contribution in [0.2, 0.25) is 5.02 Å². The van der Waals surface area contributed by atoms with E-state index in [-0.39, 0.29) is 18.1 Å². The summed E-state index contributed by atoms with van der Waals surface area (Å²) in [5.41, 5.74) is 1.93. The van der Waals surface area contributed by atoms with Gasteiger partial charge in [0.1, 0.15) is 0 Å². The Kier molecular flexibility index (Phi) is 5.49. The number of amides is 1. The van der Waals surface area contributed by atoms with Crippen molar-refractivity contribution in [2.45, 2.75) is 13.5 Å². The number of carbonyl (C=O) groups is 1. The second-order valence-electron chi connectivity index (χ2n) is 4.91. The lowest BCUT2D eigenvalue weighted by Crippen LogP contribution is -2.21. The SMILES string of the molecule is C/C(=C/C(=O)NCc1ccccc1[N+](=O)[O-])c1ccccc1Cl. The van der Waals surface area contributed by atoms with E-state index >= 15 is 0 Å². The van der Waals surface area contributed by atoms with Crippen molar-refractivity contribution < 1.29 is 9.72 Å². The van der Waals surface area contributed by atoms with Crippen molar-refractivity contribution in [3.63, 3.8) is 0 Å². The Balaban J connectivity index is 2.08. The minimum absolute atomic E-state index is 0.0143. The highest BCUT2D eigenvalue weighted by Crippen LogP contribution is 2.23. The fraction of sp³-hybridized carbons (Fsp3) is 0.118. The zero-order valence-corrected chi connectivity index (χ0v) is 13.2. The van der Waals surface area contributed by atoms with Gasteiger partial charge in [0, 0.05) is 29.3 Å². The number of nitrogens with zero attached hydrogens (tertiary/aromatic N) is 1. The molecule has 2 rings (SSSR count). The average Bonchev–Trinajstić information content (AvgIpc) is 2.53. The maximum absolute atomic E-state index is 12.0. The molecule has 118 valence electrons. The van der Waals surface area contributed by atoms with Gasteiger partial charge in [-0.25, -0.2) is 0 Å². The Morgan fingerprint density at radius 3 is 2.57 bits per heavy atom. The maximum atomic E-state index is 12.0. The first-order chi connectivity index (χ1) is 11.0. The van der Waals surface area contributed by atoms with Crippen LogP contribution in [-0.4, -0.2) is 10.8 Å². The quantitative estimate of drug-likeness (QED) is 0.512. The molecule has 2 aromatic carbocycles. The summed E-state index contributed by atoms with van der Waals surface area (Å²) in [6.45, 7) is 1.87. The number of hydrogen-bond donors (Lipinski definition) is 1. The van der Waals surface area contributed by atoms with Crippen LogP contribution < -0.4 is 5.32 Å². The standard InChI is InChI=1S/C17H15ClN2O3/c1-12(14-7-3-4-8-15(14)18)10-17(21)19-11-13-6-2-5-9-16(13)20(22)23/h2-10H,11H2,1H3,(H,19,21)/b12-10-. The van der Waals surface area contributed by atoms with Gasteiger partial charge in [-0.05, 0) is 24.1 Å². The second-order valence-corrected chi connectivity index (χ2v) is 5.32. The monoisotopic (exact) mass is 330 g/mol. The summed E-state index contributed by atoms with van der Waals surface area (Å²) in [7, 11) is 0. The molecule has 0 bridgehead atoms. The predicted octanol–water partition coefficient (Wildman–Crippen LogP) is 3.97. The third-order valence-electron chi connectivity index (χ3n) is 3.29. The normalized spacial score (nSPS) is 11.1. The zero-order valence-electron chi connectivity index (χ0n) is 12.5. The number of benzene rings is 2. The van der Waals surface area contributed by atoms with Crippen LogP contribution in [-0.2, 0) is 11.3 Å². The fourth-order valence-electron chi connectivity index (χ4n) is 2.13. The van der Waals surface area contributed by atoms with Crippen LogP contribution in [0.4, 0.5) is 5.69 Å². The van der Waals surface area contributed by atoms with Gasteiger partial charge >= 0.3 is 0 Å². The van der Waals surface area contributed by atoms with Crippen molar-refractivity contribution in [3.8, 4) is 0 Å². The highest BCUT2D eigenvalue weighted by Gasteiger charge is 2.12. The first-order valence-corrected chi connectivity index (χ1v) is 7.30. The molecule has 0 unspecified atom stereocenters. The summed E-state index contributed by atoms with van der Waals surface area (Å²) in [6.07, 6.45) is 1.43. The minimum Gasteiger partial charge on any atom is -0.348 e. The molecule has 0 saturated carbocycles. The topological polar surface area (TPSA) is 72.2 Å². The molecule has 1 amide bonds. The summed E-state index contributed by atoms with van der Waals surface area (Å²) in [5.74, 6) is -0.333. The first kappa shape index (κ1) is 16.7. The summed E-state index contributed by atoms with van der Waals surface area (Å²) in [4.78, 5) is 22.5. The van der Waals surface area contributed by atoms with E-state index in [4.69, 9.17) is 11.6 Å².